The van der Waals surface area contributed by atoms with Crippen molar-refractivity contribution in [3.05, 3.63) is 23.8 Å². The summed E-state index contributed by atoms with van der Waals surface area (Å²) in [5.74, 6) is -0.320. The summed E-state index contributed by atoms with van der Waals surface area (Å²) in [6.07, 6.45) is 0. The standard InChI is InChI=1S/C15H25N3O2/c1-4-18(5-2)10-9-17-14-11-12(7-8-13(14)16)15(19)20-6-3/h7-8,11,17H,4-6,9-10,16H2,1-3H3. The second-order valence-corrected chi connectivity index (χ2v) is 4.48. The van der Waals surface area contributed by atoms with Crippen molar-refractivity contribution in [2.24, 2.45) is 0 Å². The van der Waals surface area contributed by atoms with Crippen molar-refractivity contribution < 1.29 is 9.53 Å². The molecule has 0 saturated carbocycles. The van der Waals surface area contributed by atoms with E-state index in [-0.39, 0.29) is 5.97 Å². The lowest BCUT2D eigenvalue weighted by Gasteiger charge is -2.19. The number of nitrogens with one attached hydrogen (secondary N) is 1. The number of hydrogen-bond donors (Lipinski definition) is 2. The Morgan fingerprint density at radius 3 is 2.60 bits per heavy atom. The zero-order chi connectivity index (χ0) is 15.0. The van der Waals surface area contributed by atoms with Crippen LogP contribution in [0.15, 0.2) is 18.2 Å². The number of likely N-dealkylation sites (N-methyl/N-ethyl adjacent to an activating group) is 1. The number of anilines is 2. The van der Waals surface area contributed by atoms with Gasteiger partial charge >= 0.3 is 5.97 Å². The van der Waals surface area contributed by atoms with E-state index < -0.39 is 0 Å². The van der Waals surface area contributed by atoms with Crippen LogP contribution in [-0.4, -0.2) is 43.7 Å². The molecular weight excluding hydrogens is 254 g/mol. The molecule has 20 heavy (non-hydrogen) atoms. The van der Waals surface area contributed by atoms with Gasteiger partial charge in [0.1, 0.15) is 0 Å². The highest BCUT2D eigenvalue weighted by molar-refractivity contribution is 5.92. The summed E-state index contributed by atoms with van der Waals surface area (Å²) in [6, 6.07) is 5.16. The SMILES string of the molecule is CCOC(=O)c1ccc(N)c(NCCN(CC)CC)c1. The molecule has 112 valence electrons. The number of rotatable bonds is 8. The topological polar surface area (TPSA) is 67.6 Å². The van der Waals surface area contributed by atoms with E-state index in [0.717, 1.165) is 31.9 Å². The van der Waals surface area contributed by atoms with Crippen LogP contribution in [0.1, 0.15) is 31.1 Å². The second kappa shape index (κ2) is 8.43. The number of benzene rings is 1. The Morgan fingerprint density at radius 2 is 2.00 bits per heavy atom. The molecule has 0 aliphatic carbocycles. The van der Waals surface area contributed by atoms with E-state index in [1.54, 1.807) is 25.1 Å². The lowest BCUT2D eigenvalue weighted by atomic mass is 10.1. The van der Waals surface area contributed by atoms with Crippen molar-refractivity contribution in [2.75, 3.05) is 43.8 Å². The summed E-state index contributed by atoms with van der Waals surface area (Å²) in [7, 11) is 0. The Hall–Kier alpha value is -1.75. The first-order valence-corrected chi connectivity index (χ1v) is 7.15. The minimum absolute atomic E-state index is 0.320. The van der Waals surface area contributed by atoms with Crippen LogP contribution in [0, 0.1) is 0 Å². The van der Waals surface area contributed by atoms with Gasteiger partial charge in [-0.15, -0.1) is 0 Å². The molecule has 1 rings (SSSR count). The smallest absolute Gasteiger partial charge is 0.338 e. The third-order valence-corrected chi connectivity index (χ3v) is 3.20. The molecule has 0 fully saturated rings. The normalized spacial score (nSPS) is 10.6. The molecule has 0 aliphatic heterocycles. The van der Waals surface area contributed by atoms with E-state index in [4.69, 9.17) is 10.5 Å². The first kappa shape index (κ1) is 16.3. The van der Waals surface area contributed by atoms with Gasteiger partial charge in [0.05, 0.1) is 23.5 Å². The largest absolute Gasteiger partial charge is 0.462 e. The van der Waals surface area contributed by atoms with Gasteiger partial charge in [-0.25, -0.2) is 4.79 Å². The lowest BCUT2D eigenvalue weighted by Crippen LogP contribution is -2.28. The van der Waals surface area contributed by atoms with Gasteiger partial charge in [-0.05, 0) is 38.2 Å². The number of nitrogens with zero attached hydrogens (tertiary/aromatic N) is 1. The van der Waals surface area contributed by atoms with Crippen LogP contribution >= 0.6 is 0 Å². The van der Waals surface area contributed by atoms with Gasteiger partial charge in [0.15, 0.2) is 0 Å². The third-order valence-electron chi connectivity index (χ3n) is 3.20. The van der Waals surface area contributed by atoms with Crippen molar-refractivity contribution >= 4 is 17.3 Å². The number of nitrogens with two attached hydrogens (primary N) is 1. The van der Waals surface area contributed by atoms with Crippen LogP contribution in [0.4, 0.5) is 11.4 Å². The number of carbonyl (C=O) groups excluding carboxylic acids is 1. The van der Waals surface area contributed by atoms with Gasteiger partial charge < -0.3 is 20.7 Å². The average Bonchev–Trinajstić information content (AvgIpc) is 2.45. The summed E-state index contributed by atoms with van der Waals surface area (Å²) in [5, 5.41) is 3.27. The molecule has 0 aromatic heterocycles. The Kier molecular flexibility index (Phi) is 6.87. The van der Waals surface area contributed by atoms with Gasteiger partial charge in [0.2, 0.25) is 0 Å². The fourth-order valence-electron chi connectivity index (χ4n) is 1.94. The maximum absolute atomic E-state index is 11.7. The van der Waals surface area contributed by atoms with Crippen molar-refractivity contribution in [2.45, 2.75) is 20.8 Å². The van der Waals surface area contributed by atoms with E-state index in [1.165, 1.54) is 0 Å². The Balaban J connectivity index is 2.64. The molecule has 0 spiro atoms. The number of hydrogen-bond acceptors (Lipinski definition) is 5. The predicted octanol–water partition coefficient (Wildman–Crippen LogP) is 2.20. The van der Waals surface area contributed by atoms with E-state index in [9.17, 15) is 4.79 Å². The highest BCUT2D eigenvalue weighted by atomic mass is 16.5. The van der Waals surface area contributed by atoms with Crippen molar-refractivity contribution in [3.63, 3.8) is 0 Å². The summed E-state index contributed by atoms with van der Waals surface area (Å²) in [5.41, 5.74) is 7.85. The molecule has 0 heterocycles. The number of carbonyl (C=O) groups is 1. The lowest BCUT2D eigenvalue weighted by molar-refractivity contribution is 0.0526. The number of ether oxygens (including phenoxy) is 1. The summed E-state index contributed by atoms with van der Waals surface area (Å²) >= 11 is 0. The molecule has 5 heteroatoms. The molecule has 0 bridgehead atoms. The van der Waals surface area contributed by atoms with Gasteiger partial charge in [0.25, 0.3) is 0 Å². The summed E-state index contributed by atoms with van der Waals surface area (Å²) in [4.78, 5) is 14.0. The van der Waals surface area contributed by atoms with Crippen molar-refractivity contribution in [1.82, 2.24) is 4.90 Å². The van der Waals surface area contributed by atoms with Crippen molar-refractivity contribution in [1.29, 1.82) is 0 Å². The molecular formula is C15H25N3O2. The average molecular weight is 279 g/mol. The van der Waals surface area contributed by atoms with Crippen LogP contribution in [-0.2, 0) is 4.74 Å². The molecule has 0 radical (unpaired) electrons. The molecule has 3 N–H and O–H groups in total. The summed E-state index contributed by atoms with van der Waals surface area (Å²) in [6.45, 7) is 10.2. The van der Waals surface area contributed by atoms with Gasteiger partial charge in [-0.2, -0.15) is 0 Å². The maximum Gasteiger partial charge on any atom is 0.338 e. The van der Waals surface area contributed by atoms with Crippen LogP contribution in [0.3, 0.4) is 0 Å². The highest BCUT2D eigenvalue weighted by Crippen LogP contribution is 2.20. The molecule has 0 amide bonds. The molecule has 0 saturated heterocycles. The first-order valence-electron chi connectivity index (χ1n) is 7.15. The maximum atomic E-state index is 11.7. The van der Waals surface area contributed by atoms with Crippen LogP contribution < -0.4 is 11.1 Å². The molecule has 0 atom stereocenters. The highest BCUT2D eigenvalue weighted by Gasteiger charge is 2.09. The monoisotopic (exact) mass is 279 g/mol. The molecule has 0 aliphatic rings. The van der Waals surface area contributed by atoms with E-state index in [0.29, 0.717) is 17.9 Å². The zero-order valence-electron chi connectivity index (χ0n) is 12.6. The Labute approximate surface area is 121 Å². The van der Waals surface area contributed by atoms with Gasteiger partial charge in [0, 0.05) is 13.1 Å². The predicted molar refractivity (Wildman–Crippen MR) is 83.1 cm³/mol. The zero-order valence-corrected chi connectivity index (χ0v) is 12.6. The number of nitrogen functional groups attached to an aromatic ring is 1. The first-order chi connectivity index (χ1) is 9.62. The van der Waals surface area contributed by atoms with E-state index in [2.05, 4.69) is 24.1 Å². The Morgan fingerprint density at radius 1 is 1.30 bits per heavy atom. The van der Waals surface area contributed by atoms with E-state index >= 15 is 0 Å². The molecule has 1 aromatic rings. The Bertz CT molecular complexity index is 431. The number of esters is 1. The van der Waals surface area contributed by atoms with E-state index in [1.807, 2.05) is 0 Å². The second-order valence-electron chi connectivity index (χ2n) is 4.48. The van der Waals surface area contributed by atoms with Crippen LogP contribution in [0.5, 0.6) is 0 Å². The van der Waals surface area contributed by atoms with Crippen molar-refractivity contribution in [3.8, 4) is 0 Å². The minimum atomic E-state index is -0.320. The minimum Gasteiger partial charge on any atom is -0.462 e. The van der Waals surface area contributed by atoms with Crippen LogP contribution in [0.2, 0.25) is 0 Å². The third kappa shape index (κ3) is 4.74. The fourth-order valence-corrected chi connectivity index (χ4v) is 1.94. The van der Waals surface area contributed by atoms with Gasteiger partial charge in [-0.3, -0.25) is 0 Å². The molecule has 1 aromatic carbocycles. The molecule has 5 nitrogen and oxygen atoms in total. The summed E-state index contributed by atoms with van der Waals surface area (Å²) < 4.78 is 4.98. The van der Waals surface area contributed by atoms with Gasteiger partial charge in [-0.1, -0.05) is 13.8 Å². The fraction of sp³-hybridized carbons (Fsp3) is 0.533. The van der Waals surface area contributed by atoms with Crippen LogP contribution in [0.25, 0.3) is 0 Å². The quantitative estimate of drug-likeness (QED) is 0.564. The molecule has 0 unspecified atom stereocenters.